The Labute approximate surface area is 165 Å². The molecule has 0 saturated heterocycles. The zero-order chi connectivity index (χ0) is 19.3. The first-order valence-corrected chi connectivity index (χ1v) is 9.53. The minimum absolute atomic E-state index is 0.138. The van der Waals surface area contributed by atoms with E-state index in [0.717, 1.165) is 22.3 Å². The summed E-state index contributed by atoms with van der Waals surface area (Å²) in [7, 11) is 0. The van der Waals surface area contributed by atoms with Gasteiger partial charge in [0.2, 0.25) is 11.0 Å². The predicted octanol–water partition coefficient (Wildman–Crippen LogP) is 5.19. The molecular weight excluding hydrogens is 373 g/mol. The maximum atomic E-state index is 13.2. The Morgan fingerprint density at radius 1 is 0.857 bits per heavy atom. The fraction of sp³-hybridized carbons (Fsp3) is 0.0455. The largest absolute Gasteiger partial charge is 0.300 e. The third-order valence-electron chi connectivity index (χ3n) is 4.19. The van der Waals surface area contributed by atoms with E-state index in [9.17, 15) is 9.18 Å². The monoisotopic (exact) mass is 389 g/mol. The number of nitrogens with one attached hydrogen (secondary N) is 1. The molecule has 0 atom stereocenters. The minimum Gasteiger partial charge on any atom is -0.300 e. The summed E-state index contributed by atoms with van der Waals surface area (Å²) < 4.78 is 13.2. The summed E-state index contributed by atoms with van der Waals surface area (Å²) in [6.45, 7) is 0. The van der Waals surface area contributed by atoms with Crippen molar-refractivity contribution in [3.63, 3.8) is 0 Å². The van der Waals surface area contributed by atoms with E-state index in [1.807, 2.05) is 54.6 Å². The molecule has 1 N–H and O–H groups in total. The van der Waals surface area contributed by atoms with Gasteiger partial charge in [0.25, 0.3) is 0 Å². The fourth-order valence-electron chi connectivity index (χ4n) is 2.88. The van der Waals surface area contributed by atoms with Crippen LogP contribution in [0.5, 0.6) is 0 Å². The summed E-state index contributed by atoms with van der Waals surface area (Å²) in [6, 6.07) is 23.6. The third kappa shape index (κ3) is 4.13. The van der Waals surface area contributed by atoms with Crippen LogP contribution in [0.3, 0.4) is 0 Å². The van der Waals surface area contributed by atoms with Crippen LogP contribution in [0.1, 0.15) is 5.56 Å². The molecule has 4 rings (SSSR count). The Kier molecular flexibility index (Phi) is 5.21. The molecule has 4 nitrogen and oxygen atoms in total. The standard InChI is InChI=1S/C22H16FN3OS/c23-17-12-10-16(11-13-17)18-8-4-5-9-19(18)21-25-26-22(28-21)24-20(27)14-15-6-2-1-3-7-15/h1-13H,14H2,(H,24,26,27). The number of halogens is 1. The van der Waals surface area contributed by atoms with Gasteiger partial charge in [0.1, 0.15) is 10.8 Å². The molecule has 28 heavy (non-hydrogen) atoms. The number of carbonyl (C=O) groups excluding carboxylic acids is 1. The van der Waals surface area contributed by atoms with E-state index in [2.05, 4.69) is 15.5 Å². The van der Waals surface area contributed by atoms with Crippen molar-refractivity contribution >= 4 is 22.4 Å². The van der Waals surface area contributed by atoms with Crippen molar-refractivity contribution in [2.45, 2.75) is 6.42 Å². The van der Waals surface area contributed by atoms with E-state index in [1.54, 1.807) is 12.1 Å². The van der Waals surface area contributed by atoms with E-state index in [4.69, 9.17) is 0 Å². The summed E-state index contributed by atoms with van der Waals surface area (Å²) in [4.78, 5) is 12.2. The molecule has 4 aromatic rings. The van der Waals surface area contributed by atoms with Crippen LogP contribution in [0.2, 0.25) is 0 Å². The van der Waals surface area contributed by atoms with Crippen molar-refractivity contribution in [2.24, 2.45) is 0 Å². The molecule has 0 unspecified atom stereocenters. The summed E-state index contributed by atoms with van der Waals surface area (Å²) in [5, 5.41) is 12.3. The van der Waals surface area contributed by atoms with Gasteiger partial charge in [-0.05, 0) is 28.8 Å². The van der Waals surface area contributed by atoms with Gasteiger partial charge in [-0.1, -0.05) is 78.1 Å². The van der Waals surface area contributed by atoms with Crippen LogP contribution in [-0.2, 0) is 11.2 Å². The maximum absolute atomic E-state index is 13.2. The molecule has 0 fully saturated rings. The second-order valence-corrected chi connectivity index (χ2v) is 7.15. The molecule has 0 spiro atoms. The van der Waals surface area contributed by atoms with E-state index < -0.39 is 0 Å². The first-order chi connectivity index (χ1) is 13.7. The number of nitrogens with zero attached hydrogens (tertiary/aromatic N) is 2. The van der Waals surface area contributed by atoms with Gasteiger partial charge in [-0.2, -0.15) is 0 Å². The lowest BCUT2D eigenvalue weighted by Gasteiger charge is -2.07. The van der Waals surface area contributed by atoms with Crippen molar-refractivity contribution in [3.8, 4) is 21.7 Å². The highest BCUT2D eigenvalue weighted by molar-refractivity contribution is 7.18. The molecule has 6 heteroatoms. The van der Waals surface area contributed by atoms with Gasteiger partial charge in [0.05, 0.1) is 6.42 Å². The normalized spacial score (nSPS) is 10.6. The number of hydrogen-bond acceptors (Lipinski definition) is 4. The van der Waals surface area contributed by atoms with Crippen LogP contribution in [-0.4, -0.2) is 16.1 Å². The second-order valence-electron chi connectivity index (χ2n) is 6.18. The number of rotatable bonds is 5. The van der Waals surface area contributed by atoms with Gasteiger partial charge in [0.15, 0.2) is 0 Å². The van der Waals surface area contributed by atoms with E-state index in [0.29, 0.717) is 10.1 Å². The fourth-order valence-corrected chi connectivity index (χ4v) is 3.68. The topological polar surface area (TPSA) is 54.9 Å². The zero-order valence-corrected chi connectivity index (χ0v) is 15.6. The van der Waals surface area contributed by atoms with E-state index in [-0.39, 0.29) is 18.1 Å². The Balaban J connectivity index is 1.55. The van der Waals surface area contributed by atoms with Gasteiger partial charge >= 0.3 is 0 Å². The molecule has 0 aliphatic carbocycles. The molecule has 3 aromatic carbocycles. The Hall–Kier alpha value is -3.38. The van der Waals surface area contributed by atoms with Crippen LogP contribution in [0.15, 0.2) is 78.9 Å². The predicted molar refractivity (Wildman–Crippen MR) is 110 cm³/mol. The summed E-state index contributed by atoms with van der Waals surface area (Å²) in [6.07, 6.45) is 0.280. The SMILES string of the molecule is O=C(Cc1ccccc1)Nc1nnc(-c2ccccc2-c2ccc(F)cc2)s1. The summed E-state index contributed by atoms with van der Waals surface area (Å²) in [5.41, 5.74) is 3.64. The Morgan fingerprint density at radius 2 is 1.54 bits per heavy atom. The number of aromatic nitrogens is 2. The Bertz CT molecular complexity index is 1090. The molecule has 1 amide bonds. The van der Waals surface area contributed by atoms with Crippen LogP contribution in [0.4, 0.5) is 9.52 Å². The van der Waals surface area contributed by atoms with Crippen molar-refractivity contribution in [3.05, 3.63) is 90.2 Å². The highest BCUT2D eigenvalue weighted by atomic mass is 32.1. The van der Waals surface area contributed by atoms with Gasteiger partial charge in [-0.15, -0.1) is 10.2 Å². The first kappa shape index (κ1) is 18.0. The summed E-state index contributed by atoms with van der Waals surface area (Å²) in [5.74, 6) is -0.415. The average molecular weight is 389 g/mol. The van der Waals surface area contributed by atoms with Crippen LogP contribution in [0, 0.1) is 5.82 Å². The molecule has 0 radical (unpaired) electrons. The second kappa shape index (κ2) is 8.10. The molecule has 0 aliphatic rings. The van der Waals surface area contributed by atoms with Crippen molar-refractivity contribution in [2.75, 3.05) is 5.32 Å². The molecular formula is C22H16FN3OS. The van der Waals surface area contributed by atoms with E-state index in [1.165, 1.54) is 23.5 Å². The lowest BCUT2D eigenvalue weighted by molar-refractivity contribution is -0.115. The quantitative estimate of drug-likeness (QED) is 0.511. The minimum atomic E-state index is -0.277. The number of anilines is 1. The third-order valence-corrected chi connectivity index (χ3v) is 5.06. The van der Waals surface area contributed by atoms with Crippen LogP contribution >= 0.6 is 11.3 Å². The molecule has 1 aromatic heterocycles. The van der Waals surface area contributed by atoms with Gasteiger partial charge < -0.3 is 5.32 Å². The van der Waals surface area contributed by atoms with E-state index >= 15 is 0 Å². The first-order valence-electron chi connectivity index (χ1n) is 8.72. The highest BCUT2D eigenvalue weighted by Crippen LogP contribution is 2.34. The molecule has 138 valence electrons. The van der Waals surface area contributed by atoms with Gasteiger partial charge in [-0.3, -0.25) is 4.79 Å². The summed E-state index contributed by atoms with van der Waals surface area (Å²) >= 11 is 1.31. The van der Waals surface area contributed by atoms with Gasteiger partial charge in [-0.25, -0.2) is 4.39 Å². The number of carbonyl (C=O) groups is 1. The average Bonchev–Trinajstić information content (AvgIpc) is 3.17. The number of hydrogen-bond donors (Lipinski definition) is 1. The lowest BCUT2D eigenvalue weighted by Crippen LogP contribution is -2.14. The van der Waals surface area contributed by atoms with Crippen LogP contribution in [0.25, 0.3) is 21.7 Å². The maximum Gasteiger partial charge on any atom is 0.230 e. The van der Waals surface area contributed by atoms with Gasteiger partial charge in [0, 0.05) is 5.56 Å². The molecule has 0 saturated carbocycles. The van der Waals surface area contributed by atoms with Crippen molar-refractivity contribution in [1.82, 2.24) is 10.2 Å². The molecule has 1 heterocycles. The Morgan fingerprint density at radius 3 is 2.29 bits per heavy atom. The number of amides is 1. The van der Waals surface area contributed by atoms with Crippen molar-refractivity contribution < 1.29 is 9.18 Å². The smallest absolute Gasteiger partial charge is 0.230 e. The number of benzene rings is 3. The van der Waals surface area contributed by atoms with Crippen molar-refractivity contribution in [1.29, 1.82) is 0 Å². The molecule has 0 aliphatic heterocycles. The zero-order valence-electron chi connectivity index (χ0n) is 14.8. The highest BCUT2D eigenvalue weighted by Gasteiger charge is 2.14. The van der Waals surface area contributed by atoms with Crippen LogP contribution < -0.4 is 5.32 Å². The lowest BCUT2D eigenvalue weighted by atomic mass is 10.0. The molecule has 0 bridgehead atoms.